The summed E-state index contributed by atoms with van der Waals surface area (Å²) in [7, 11) is 0. The highest BCUT2D eigenvalue weighted by molar-refractivity contribution is 5.91. The van der Waals surface area contributed by atoms with E-state index in [-0.39, 0.29) is 0 Å². The second kappa shape index (κ2) is 6.31. The van der Waals surface area contributed by atoms with Crippen LogP contribution in [0.25, 0.3) is 10.9 Å². The zero-order chi connectivity index (χ0) is 12.8. The molecule has 4 heteroatoms. The van der Waals surface area contributed by atoms with Crippen molar-refractivity contribution in [3.05, 3.63) is 30.1 Å². The van der Waals surface area contributed by atoms with Crippen LogP contribution in [0.1, 0.15) is 18.9 Å². The molecule has 0 amide bonds. The first-order valence-electron chi connectivity index (χ1n) is 6.35. The molecular formula is C14H19N3O. The Hall–Kier alpha value is -1.68. The van der Waals surface area contributed by atoms with Crippen molar-refractivity contribution in [3.8, 4) is 0 Å². The Balaban J connectivity index is 2.08. The molecular weight excluding hydrogens is 226 g/mol. The highest BCUT2D eigenvalue weighted by Crippen LogP contribution is 2.22. The summed E-state index contributed by atoms with van der Waals surface area (Å²) >= 11 is 0. The largest absolute Gasteiger partial charge is 0.382 e. The SMILES string of the molecule is CCOCCCNc1ncnc2cccc(C)c12. The van der Waals surface area contributed by atoms with E-state index in [0.29, 0.717) is 0 Å². The summed E-state index contributed by atoms with van der Waals surface area (Å²) in [5.74, 6) is 0.912. The lowest BCUT2D eigenvalue weighted by Gasteiger charge is -2.09. The molecule has 2 aromatic rings. The van der Waals surface area contributed by atoms with Crippen LogP contribution in [0.2, 0.25) is 0 Å². The van der Waals surface area contributed by atoms with Crippen LogP contribution < -0.4 is 5.32 Å². The van der Waals surface area contributed by atoms with Crippen molar-refractivity contribution >= 4 is 16.7 Å². The van der Waals surface area contributed by atoms with E-state index >= 15 is 0 Å². The van der Waals surface area contributed by atoms with Gasteiger partial charge in [-0.3, -0.25) is 0 Å². The van der Waals surface area contributed by atoms with Crippen LogP contribution in [0.4, 0.5) is 5.82 Å². The molecule has 0 unspecified atom stereocenters. The Kier molecular flexibility index (Phi) is 4.47. The number of rotatable bonds is 6. The van der Waals surface area contributed by atoms with Gasteiger partial charge in [0, 0.05) is 25.1 Å². The lowest BCUT2D eigenvalue weighted by Crippen LogP contribution is -2.07. The van der Waals surface area contributed by atoms with Gasteiger partial charge in [-0.05, 0) is 31.9 Å². The minimum Gasteiger partial charge on any atom is -0.382 e. The number of fused-ring (bicyclic) bond motifs is 1. The van der Waals surface area contributed by atoms with Crippen LogP contribution in [0.5, 0.6) is 0 Å². The highest BCUT2D eigenvalue weighted by atomic mass is 16.5. The fourth-order valence-corrected chi connectivity index (χ4v) is 1.94. The van der Waals surface area contributed by atoms with Crippen molar-refractivity contribution in [1.29, 1.82) is 0 Å². The lowest BCUT2D eigenvalue weighted by molar-refractivity contribution is 0.147. The molecule has 0 spiro atoms. The van der Waals surface area contributed by atoms with E-state index in [1.165, 1.54) is 5.56 Å². The smallest absolute Gasteiger partial charge is 0.137 e. The van der Waals surface area contributed by atoms with Crippen molar-refractivity contribution in [2.24, 2.45) is 0 Å². The Morgan fingerprint density at radius 1 is 1.28 bits per heavy atom. The number of nitrogens with zero attached hydrogens (tertiary/aromatic N) is 2. The molecule has 2 rings (SSSR count). The Bertz CT molecular complexity index is 508. The predicted octanol–water partition coefficient (Wildman–Crippen LogP) is 2.78. The van der Waals surface area contributed by atoms with Gasteiger partial charge in [0.25, 0.3) is 0 Å². The lowest BCUT2D eigenvalue weighted by atomic mass is 10.1. The number of benzene rings is 1. The molecule has 1 aromatic heterocycles. The molecule has 0 fully saturated rings. The molecule has 0 aliphatic rings. The maximum atomic E-state index is 5.31. The molecule has 1 aromatic carbocycles. The van der Waals surface area contributed by atoms with Gasteiger partial charge in [-0.1, -0.05) is 12.1 Å². The first-order valence-corrected chi connectivity index (χ1v) is 6.35. The normalized spacial score (nSPS) is 10.8. The molecule has 0 aliphatic carbocycles. The monoisotopic (exact) mass is 245 g/mol. The number of anilines is 1. The third-order valence-electron chi connectivity index (χ3n) is 2.83. The van der Waals surface area contributed by atoms with Crippen molar-refractivity contribution in [3.63, 3.8) is 0 Å². The van der Waals surface area contributed by atoms with E-state index in [4.69, 9.17) is 4.74 Å². The Labute approximate surface area is 107 Å². The maximum Gasteiger partial charge on any atom is 0.137 e. The topological polar surface area (TPSA) is 47.0 Å². The van der Waals surface area contributed by atoms with Gasteiger partial charge in [0.2, 0.25) is 0 Å². The van der Waals surface area contributed by atoms with Crippen molar-refractivity contribution in [2.75, 3.05) is 25.1 Å². The molecule has 0 aliphatic heterocycles. The summed E-state index contributed by atoms with van der Waals surface area (Å²) in [5.41, 5.74) is 2.18. The molecule has 96 valence electrons. The highest BCUT2D eigenvalue weighted by Gasteiger charge is 2.05. The van der Waals surface area contributed by atoms with Gasteiger partial charge in [-0.25, -0.2) is 9.97 Å². The maximum absolute atomic E-state index is 5.31. The number of hydrogen-bond acceptors (Lipinski definition) is 4. The second-order valence-electron chi connectivity index (χ2n) is 4.17. The van der Waals surface area contributed by atoms with Crippen molar-refractivity contribution in [2.45, 2.75) is 20.3 Å². The van der Waals surface area contributed by atoms with E-state index in [0.717, 1.165) is 42.9 Å². The molecule has 0 saturated heterocycles. The minimum atomic E-state index is 0.773. The van der Waals surface area contributed by atoms with Crippen LogP contribution in [0.15, 0.2) is 24.5 Å². The van der Waals surface area contributed by atoms with E-state index in [2.05, 4.69) is 28.3 Å². The number of aromatic nitrogens is 2. The summed E-state index contributed by atoms with van der Waals surface area (Å²) in [6, 6.07) is 6.11. The standard InChI is InChI=1S/C14H19N3O/c1-3-18-9-5-8-15-14-13-11(2)6-4-7-12(13)16-10-17-14/h4,6-7,10H,3,5,8-9H2,1-2H3,(H,15,16,17). The van der Waals surface area contributed by atoms with Crippen molar-refractivity contribution < 1.29 is 4.74 Å². The summed E-state index contributed by atoms with van der Waals surface area (Å²) in [5, 5.41) is 4.46. The fraction of sp³-hybridized carbons (Fsp3) is 0.429. The number of nitrogens with one attached hydrogen (secondary N) is 1. The average molecular weight is 245 g/mol. The zero-order valence-corrected chi connectivity index (χ0v) is 10.9. The average Bonchev–Trinajstić information content (AvgIpc) is 2.39. The van der Waals surface area contributed by atoms with E-state index in [1.54, 1.807) is 6.33 Å². The minimum absolute atomic E-state index is 0.773. The van der Waals surface area contributed by atoms with Crippen molar-refractivity contribution in [1.82, 2.24) is 9.97 Å². The first kappa shape index (κ1) is 12.8. The van der Waals surface area contributed by atoms with Crippen LogP contribution in [-0.2, 0) is 4.74 Å². The Morgan fingerprint density at radius 3 is 3.00 bits per heavy atom. The van der Waals surface area contributed by atoms with E-state index in [1.807, 2.05) is 19.1 Å². The van der Waals surface area contributed by atoms with E-state index in [9.17, 15) is 0 Å². The molecule has 0 bridgehead atoms. The summed E-state index contributed by atoms with van der Waals surface area (Å²) in [6.45, 7) is 6.51. The molecule has 1 N–H and O–H groups in total. The number of ether oxygens (including phenoxy) is 1. The molecule has 0 saturated carbocycles. The first-order chi connectivity index (χ1) is 8.83. The van der Waals surface area contributed by atoms with Gasteiger partial charge in [0.1, 0.15) is 12.1 Å². The molecule has 0 radical (unpaired) electrons. The third kappa shape index (κ3) is 2.96. The molecule has 1 heterocycles. The summed E-state index contributed by atoms with van der Waals surface area (Å²) in [6.07, 6.45) is 2.58. The molecule has 0 atom stereocenters. The van der Waals surface area contributed by atoms with Crippen LogP contribution >= 0.6 is 0 Å². The number of aryl methyl sites for hydroxylation is 1. The zero-order valence-electron chi connectivity index (χ0n) is 10.9. The van der Waals surface area contributed by atoms with Gasteiger partial charge in [0.05, 0.1) is 5.52 Å². The molecule has 4 nitrogen and oxygen atoms in total. The quantitative estimate of drug-likeness (QED) is 0.795. The Morgan fingerprint density at radius 2 is 2.17 bits per heavy atom. The van der Waals surface area contributed by atoms with E-state index < -0.39 is 0 Å². The summed E-state index contributed by atoms with van der Waals surface area (Å²) in [4.78, 5) is 8.61. The second-order valence-corrected chi connectivity index (χ2v) is 4.17. The molecule has 18 heavy (non-hydrogen) atoms. The summed E-state index contributed by atoms with van der Waals surface area (Å²) < 4.78 is 5.31. The van der Waals surface area contributed by atoms with Gasteiger partial charge in [0.15, 0.2) is 0 Å². The van der Waals surface area contributed by atoms with Gasteiger partial charge >= 0.3 is 0 Å². The fourth-order valence-electron chi connectivity index (χ4n) is 1.94. The van der Waals surface area contributed by atoms with Crippen LogP contribution in [0.3, 0.4) is 0 Å². The number of hydrogen-bond donors (Lipinski definition) is 1. The van der Waals surface area contributed by atoms with Crippen LogP contribution in [-0.4, -0.2) is 29.7 Å². The van der Waals surface area contributed by atoms with Crippen LogP contribution in [0, 0.1) is 6.92 Å². The van der Waals surface area contributed by atoms with Gasteiger partial charge < -0.3 is 10.1 Å². The third-order valence-corrected chi connectivity index (χ3v) is 2.83. The van der Waals surface area contributed by atoms with Gasteiger partial charge in [-0.2, -0.15) is 0 Å². The van der Waals surface area contributed by atoms with Gasteiger partial charge in [-0.15, -0.1) is 0 Å². The predicted molar refractivity (Wildman–Crippen MR) is 73.9 cm³/mol.